The van der Waals surface area contributed by atoms with Crippen LogP contribution in [0.1, 0.15) is 39.0 Å². The summed E-state index contributed by atoms with van der Waals surface area (Å²) in [5, 5.41) is 0. The number of rotatable bonds is 7. The van der Waals surface area contributed by atoms with Gasteiger partial charge < -0.3 is 15.2 Å². The smallest absolute Gasteiger partial charge is 0.325 e. The van der Waals surface area contributed by atoms with Crippen molar-refractivity contribution in [2.24, 2.45) is 11.7 Å². The van der Waals surface area contributed by atoms with Crippen LogP contribution in [0.2, 0.25) is 0 Å². The molecule has 3 unspecified atom stereocenters. The van der Waals surface area contributed by atoms with Crippen LogP contribution in [-0.4, -0.2) is 55.9 Å². The van der Waals surface area contributed by atoms with Crippen molar-refractivity contribution in [2.45, 2.75) is 56.7 Å². The molecule has 0 aromatic heterocycles. The highest BCUT2D eigenvalue weighted by atomic mass is 16.5. The third kappa shape index (κ3) is 3.32. The molecule has 0 spiro atoms. The molecular weight excluding hydrogens is 256 g/mol. The maximum atomic E-state index is 11.8. The lowest BCUT2D eigenvalue weighted by molar-refractivity contribution is -0.147. The Morgan fingerprint density at radius 2 is 2.10 bits per heavy atom. The maximum Gasteiger partial charge on any atom is 0.325 e. The number of hydrogen-bond donors (Lipinski definition) is 1. The minimum atomic E-state index is -0.798. The second-order valence-corrected chi connectivity index (χ2v) is 6.35. The van der Waals surface area contributed by atoms with Gasteiger partial charge >= 0.3 is 5.97 Å². The van der Waals surface area contributed by atoms with E-state index in [4.69, 9.17) is 15.2 Å². The number of hydrogen-bond acceptors (Lipinski definition) is 5. The molecule has 2 rings (SSSR count). The molecule has 2 fully saturated rings. The first-order valence-electron chi connectivity index (χ1n) is 7.64. The van der Waals surface area contributed by atoms with Gasteiger partial charge in [0.1, 0.15) is 5.54 Å². The van der Waals surface area contributed by atoms with Crippen molar-refractivity contribution in [1.29, 1.82) is 0 Å². The zero-order chi connectivity index (χ0) is 14.8. The van der Waals surface area contributed by atoms with Gasteiger partial charge in [0.15, 0.2) is 0 Å². The molecule has 116 valence electrons. The van der Waals surface area contributed by atoms with E-state index in [-0.39, 0.29) is 5.97 Å². The van der Waals surface area contributed by atoms with Gasteiger partial charge in [0.2, 0.25) is 0 Å². The normalized spacial score (nSPS) is 31.6. The monoisotopic (exact) mass is 284 g/mol. The standard InChI is InChI=1S/C15H28N2O3/c1-11(12-4-5-12)17(8-9-19-2)13-6-7-15(16,10-13)14(18)20-3/h11-13H,4-10,16H2,1-3H3. The van der Waals surface area contributed by atoms with Gasteiger partial charge in [0.25, 0.3) is 0 Å². The van der Waals surface area contributed by atoms with E-state index in [9.17, 15) is 4.79 Å². The first-order chi connectivity index (χ1) is 9.51. The molecule has 0 aromatic carbocycles. The molecule has 0 amide bonds. The summed E-state index contributed by atoms with van der Waals surface area (Å²) in [6.07, 6.45) is 5.02. The summed E-state index contributed by atoms with van der Waals surface area (Å²) in [6.45, 7) is 3.93. The summed E-state index contributed by atoms with van der Waals surface area (Å²) in [5.74, 6) is 0.531. The Morgan fingerprint density at radius 1 is 1.40 bits per heavy atom. The van der Waals surface area contributed by atoms with Crippen molar-refractivity contribution < 1.29 is 14.3 Å². The fraction of sp³-hybridized carbons (Fsp3) is 0.933. The highest BCUT2D eigenvalue weighted by Crippen LogP contribution is 2.39. The van der Waals surface area contributed by atoms with Gasteiger partial charge in [-0.15, -0.1) is 0 Å². The fourth-order valence-corrected chi connectivity index (χ4v) is 3.49. The van der Waals surface area contributed by atoms with E-state index in [2.05, 4.69) is 11.8 Å². The van der Waals surface area contributed by atoms with Crippen LogP contribution in [0.15, 0.2) is 0 Å². The largest absolute Gasteiger partial charge is 0.468 e. The molecule has 2 N–H and O–H groups in total. The van der Waals surface area contributed by atoms with Crippen LogP contribution in [0.4, 0.5) is 0 Å². The Labute approximate surface area is 121 Å². The van der Waals surface area contributed by atoms with Gasteiger partial charge in [0, 0.05) is 25.7 Å². The Balaban J connectivity index is 2.00. The maximum absolute atomic E-state index is 11.8. The Hall–Kier alpha value is -0.650. The Bertz CT molecular complexity index is 346. The number of nitrogens with two attached hydrogens (primary N) is 1. The van der Waals surface area contributed by atoms with E-state index in [1.54, 1.807) is 7.11 Å². The van der Waals surface area contributed by atoms with E-state index in [1.165, 1.54) is 20.0 Å². The predicted molar refractivity (Wildman–Crippen MR) is 77.3 cm³/mol. The lowest BCUT2D eigenvalue weighted by Crippen LogP contribution is -2.50. The van der Waals surface area contributed by atoms with Gasteiger partial charge in [0.05, 0.1) is 13.7 Å². The molecule has 0 saturated heterocycles. The van der Waals surface area contributed by atoms with Crippen LogP contribution in [0, 0.1) is 5.92 Å². The third-order valence-electron chi connectivity index (χ3n) is 4.97. The molecule has 5 heteroatoms. The van der Waals surface area contributed by atoms with Gasteiger partial charge in [-0.25, -0.2) is 0 Å². The molecule has 0 radical (unpaired) electrons. The summed E-state index contributed by atoms with van der Waals surface area (Å²) in [5.41, 5.74) is 5.43. The van der Waals surface area contributed by atoms with Gasteiger partial charge in [-0.2, -0.15) is 0 Å². The van der Waals surface area contributed by atoms with Gasteiger partial charge in [-0.05, 0) is 44.9 Å². The quantitative estimate of drug-likeness (QED) is 0.711. The molecule has 0 heterocycles. The average molecular weight is 284 g/mol. The van der Waals surface area contributed by atoms with E-state index in [1.807, 2.05) is 0 Å². The summed E-state index contributed by atoms with van der Waals surface area (Å²) < 4.78 is 10.1. The zero-order valence-corrected chi connectivity index (χ0v) is 12.9. The molecule has 2 aliphatic rings. The van der Waals surface area contributed by atoms with Crippen LogP contribution in [0.3, 0.4) is 0 Å². The highest BCUT2D eigenvalue weighted by Gasteiger charge is 2.46. The van der Waals surface area contributed by atoms with Crippen LogP contribution < -0.4 is 5.73 Å². The van der Waals surface area contributed by atoms with Crippen molar-refractivity contribution in [2.75, 3.05) is 27.4 Å². The minimum absolute atomic E-state index is 0.272. The first kappa shape index (κ1) is 15.7. The first-order valence-corrected chi connectivity index (χ1v) is 7.64. The van der Waals surface area contributed by atoms with E-state index in [0.717, 1.165) is 25.5 Å². The second kappa shape index (κ2) is 6.41. The van der Waals surface area contributed by atoms with Crippen molar-refractivity contribution in [3.8, 4) is 0 Å². The summed E-state index contributed by atoms with van der Waals surface area (Å²) >= 11 is 0. The molecular formula is C15H28N2O3. The van der Waals surface area contributed by atoms with Gasteiger partial charge in [-0.3, -0.25) is 9.69 Å². The van der Waals surface area contributed by atoms with Crippen molar-refractivity contribution in [3.63, 3.8) is 0 Å². The molecule has 0 aromatic rings. The lowest BCUT2D eigenvalue weighted by Gasteiger charge is -2.35. The average Bonchev–Trinajstić information content (AvgIpc) is 3.22. The molecule has 5 nitrogen and oxygen atoms in total. The van der Waals surface area contributed by atoms with Crippen molar-refractivity contribution >= 4 is 5.97 Å². The van der Waals surface area contributed by atoms with Crippen LogP contribution >= 0.6 is 0 Å². The molecule has 2 aliphatic carbocycles. The number of nitrogens with zero attached hydrogens (tertiary/aromatic N) is 1. The van der Waals surface area contributed by atoms with E-state index in [0.29, 0.717) is 24.9 Å². The molecule has 0 bridgehead atoms. The van der Waals surface area contributed by atoms with E-state index >= 15 is 0 Å². The summed E-state index contributed by atoms with van der Waals surface area (Å²) in [7, 11) is 3.15. The van der Waals surface area contributed by atoms with Crippen molar-refractivity contribution in [1.82, 2.24) is 4.90 Å². The number of carbonyl (C=O) groups excluding carboxylic acids is 1. The fourth-order valence-electron chi connectivity index (χ4n) is 3.49. The molecule has 20 heavy (non-hydrogen) atoms. The molecule has 0 aliphatic heterocycles. The molecule has 3 atom stereocenters. The SMILES string of the molecule is COCCN(C1CCC(N)(C(=O)OC)C1)C(C)C1CC1. The number of esters is 1. The summed E-state index contributed by atoms with van der Waals surface area (Å²) in [4.78, 5) is 14.3. The van der Waals surface area contributed by atoms with Gasteiger partial charge in [-0.1, -0.05) is 0 Å². The zero-order valence-electron chi connectivity index (χ0n) is 12.9. The van der Waals surface area contributed by atoms with Crippen LogP contribution in [0.25, 0.3) is 0 Å². The summed E-state index contributed by atoms with van der Waals surface area (Å²) in [6, 6.07) is 0.917. The highest BCUT2D eigenvalue weighted by molar-refractivity contribution is 5.81. The number of carbonyl (C=O) groups is 1. The lowest BCUT2D eigenvalue weighted by atomic mass is 9.98. The molecule has 2 saturated carbocycles. The second-order valence-electron chi connectivity index (χ2n) is 6.35. The minimum Gasteiger partial charge on any atom is -0.468 e. The topological polar surface area (TPSA) is 64.8 Å². The Kier molecular flexibility index (Phi) is 5.04. The van der Waals surface area contributed by atoms with Crippen LogP contribution in [0.5, 0.6) is 0 Å². The van der Waals surface area contributed by atoms with Crippen molar-refractivity contribution in [3.05, 3.63) is 0 Å². The Morgan fingerprint density at radius 3 is 2.65 bits per heavy atom. The third-order valence-corrected chi connectivity index (χ3v) is 4.97. The van der Waals surface area contributed by atoms with Crippen LogP contribution in [-0.2, 0) is 14.3 Å². The number of ether oxygens (including phenoxy) is 2. The van der Waals surface area contributed by atoms with E-state index < -0.39 is 5.54 Å². The predicted octanol–water partition coefficient (Wildman–Crippen LogP) is 1.16. The number of methoxy groups -OCH3 is 2.